The van der Waals surface area contributed by atoms with Crippen LogP contribution in [0.4, 0.5) is 6.01 Å². The molecule has 0 aliphatic rings. The molecule has 3 N–H and O–H groups in total. The van der Waals surface area contributed by atoms with Crippen LogP contribution in [0.5, 0.6) is 0 Å². The second-order valence-electron chi connectivity index (χ2n) is 2.41. The first kappa shape index (κ1) is 8.58. The van der Waals surface area contributed by atoms with Gasteiger partial charge in [0.15, 0.2) is 5.96 Å². The molecule has 0 aliphatic carbocycles. The summed E-state index contributed by atoms with van der Waals surface area (Å²) in [5.41, 5.74) is 0.835. The summed E-state index contributed by atoms with van der Waals surface area (Å²) in [7, 11) is 1.65. The minimum absolute atomic E-state index is 0.163. The van der Waals surface area contributed by atoms with Crippen molar-refractivity contribution in [2.75, 3.05) is 12.4 Å². The van der Waals surface area contributed by atoms with Crippen LogP contribution in [-0.4, -0.2) is 18.0 Å². The van der Waals surface area contributed by atoms with Gasteiger partial charge in [-0.05, 0) is 13.8 Å². The normalized spacial score (nSPS) is 9.58. The molecule has 1 aromatic heterocycles. The van der Waals surface area contributed by atoms with E-state index in [4.69, 9.17) is 9.83 Å². The molecular weight excluding hydrogens is 156 g/mol. The highest BCUT2D eigenvalue weighted by Gasteiger charge is 2.05. The lowest BCUT2D eigenvalue weighted by Crippen LogP contribution is -2.25. The second-order valence-corrected chi connectivity index (χ2v) is 2.41. The van der Waals surface area contributed by atoms with Gasteiger partial charge in [-0.3, -0.25) is 10.7 Å². The van der Waals surface area contributed by atoms with Gasteiger partial charge in [0.25, 0.3) is 0 Å². The molecular formula is C7H12N4O. The second kappa shape index (κ2) is 3.25. The Kier molecular flexibility index (Phi) is 2.32. The molecule has 0 fully saturated rings. The molecule has 12 heavy (non-hydrogen) atoms. The molecule has 5 nitrogen and oxygen atoms in total. The van der Waals surface area contributed by atoms with Crippen molar-refractivity contribution < 1.29 is 4.42 Å². The average molecular weight is 168 g/mol. The molecule has 66 valence electrons. The van der Waals surface area contributed by atoms with Gasteiger partial charge in [0.2, 0.25) is 0 Å². The number of oxazole rings is 1. The third-order valence-electron chi connectivity index (χ3n) is 1.51. The first-order chi connectivity index (χ1) is 5.63. The Labute approximate surface area is 70.7 Å². The number of aromatic nitrogens is 1. The molecule has 5 heteroatoms. The van der Waals surface area contributed by atoms with Gasteiger partial charge in [0.05, 0.1) is 5.69 Å². The summed E-state index contributed by atoms with van der Waals surface area (Å²) < 4.78 is 5.18. The molecule has 1 rings (SSSR count). The predicted octanol–water partition coefficient (Wildman–Crippen LogP) is 0.858. The van der Waals surface area contributed by atoms with E-state index >= 15 is 0 Å². The number of hydrogen-bond acceptors (Lipinski definition) is 3. The average Bonchev–Trinajstić information content (AvgIpc) is 2.31. The summed E-state index contributed by atoms with van der Waals surface area (Å²) in [6, 6.07) is 0.351. The van der Waals surface area contributed by atoms with Crippen LogP contribution in [0.3, 0.4) is 0 Å². The SMILES string of the molecule is CNC(=N)Nc1nc(C)c(C)o1. The Morgan fingerprint density at radius 3 is 2.58 bits per heavy atom. The zero-order valence-corrected chi connectivity index (χ0v) is 7.36. The summed E-state index contributed by atoms with van der Waals surface area (Å²) in [4.78, 5) is 4.04. The minimum atomic E-state index is 0.163. The van der Waals surface area contributed by atoms with E-state index < -0.39 is 0 Å². The fourth-order valence-corrected chi connectivity index (χ4v) is 0.696. The fourth-order valence-electron chi connectivity index (χ4n) is 0.696. The quantitative estimate of drug-likeness (QED) is 0.429. The topological polar surface area (TPSA) is 73.9 Å². The van der Waals surface area contributed by atoms with Gasteiger partial charge >= 0.3 is 6.01 Å². The molecule has 0 atom stereocenters. The van der Waals surface area contributed by atoms with E-state index in [9.17, 15) is 0 Å². The van der Waals surface area contributed by atoms with Crippen LogP contribution >= 0.6 is 0 Å². The number of aryl methyl sites for hydroxylation is 2. The molecule has 0 unspecified atom stereocenters. The first-order valence-corrected chi connectivity index (χ1v) is 3.61. The number of anilines is 1. The molecule has 0 bridgehead atoms. The predicted molar refractivity (Wildman–Crippen MR) is 46.4 cm³/mol. The van der Waals surface area contributed by atoms with Crippen LogP contribution in [0.15, 0.2) is 4.42 Å². The van der Waals surface area contributed by atoms with Gasteiger partial charge in [0, 0.05) is 7.05 Å². The Morgan fingerprint density at radius 2 is 2.17 bits per heavy atom. The van der Waals surface area contributed by atoms with Gasteiger partial charge in [0.1, 0.15) is 5.76 Å². The van der Waals surface area contributed by atoms with E-state index in [1.54, 1.807) is 7.05 Å². The van der Waals surface area contributed by atoms with E-state index in [-0.39, 0.29) is 5.96 Å². The zero-order chi connectivity index (χ0) is 9.14. The van der Waals surface area contributed by atoms with Crippen molar-refractivity contribution in [3.05, 3.63) is 11.5 Å². The monoisotopic (exact) mass is 168 g/mol. The molecule has 0 amide bonds. The van der Waals surface area contributed by atoms with Crippen molar-refractivity contribution in [1.29, 1.82) is 5.41 Å². The molecule has 0 aromatic carbocycles. The van der Waals surface area contributed by atoms with E-state index in [2.05, 4.69) is 15.6 Å². The number of nitrogens with zero attached hydrogens (tertiary/aromatic N) is 1. The Hall–Kier alpha value is -1.52. The summed E-state index contributed by atoms with van der Waals surface area (Å²) >= 11 is 0. The van der Waals surface area contributed by atoms with E-state index in [1.807, 2.05) is 13.8 Å². The first-order valence-electron chi connectivity index (χ1n) is 3.61. The summed E-state index contributed by atoms with van der Waals surface area (Å²) in [6.45, 7) is 3.68. The summed E-state index contributed by atoms with van der Waals surface area (Å²) in [6.07, 6.45) is 0. The highest BCUT2D eigenvalue weighted by molar-refractivity contribution is 5.88. The lowest BCUT2D eigenvalue weighted by atomic mass is 10.4. The van der Waals surface area contributed by atoms with Crippen molar-refractivity contribution in [2.24, 2.45) is 0 Å². The maximum Gasteiger partial charge on any atom is 0.301 e. The summed E-state index contributed by atoms with van der Waals surface area (Å²) in [5, 5.41) is 12.5. The van der Waals surface area contributed by atoms with Gasteiger partial charge in [-0.25, -0.2) is 0 Å². The zero-order valence-electron chi connectivity index (χ0n) is 7.36. The number of rotatable bonds is 1. The lowest BCUT2D eigenvalue weighted by Gasteiger charge is -2.00. The fraction of sp³-hybridized carbons (Fsp3) is 0.429. The van der Waals surface area contributed by atoms with Gasteiger partial charge in [-0.1, -0.05) is 0 Å². The highest BCUT2D eigenvalue weighted by Crippen LogP contribution is 2.11. The molecule has 0 aliphatic heterocycles. The van der Waals surface area contributed by atoms with Crippen LogP contribution in [-0.2, 0) is 0 Å². The molecule has 0 saturated heterocycles. The molecule has 0 radical (unpaired) electrons. The molecule has 0 spiro atoms. The van der Waals surface area contributed by atoms with Crippen molar-refractivity contribution in [1.82, 2.24) is 10.3 Å². The third kappa shape index (κ3) is 1.75. The Balaban J connectivity index is 2.70. The third-order valence-corrected chi connectivity index (χ3v) is 1.51. The maximum absolute atomic E-state index is 7.23. The number of guanidine groups is 1. The smallest absolute Gasteiger partial charge is 0.301 e. The van der Waals surface area contributed by atoms with Crippen molar-refractivity contribution in [2.45, 2.75) is 13.8 Å². The van der Waals surface area contributed by atoms with Gasteiger partial charge in [-0.15, -0.1) is 0 Å². The Bertz CT molecular complexity index is 272. The van der Waals surface area contributed by atoms with Crippen LogP contribution in [0, 0.1) is 19.3 Å². The van der Waals surface area contributed by atoms with Crippen molar-refractivity contribution >= 4 is 12.0 Å². The Morgan fingerprint density at radius 1 is 1.50 bits per heavy atom. The van der Waals surface area contributed by atoms with Crippen LogP contribution in [0.25, 0.3) is 0 Å². The highest BCUT2D eigenvalue weighted by atomic mass is 16.4. The molecule has 1 heterocycles. The minimum Gasteiger partial charge on any atom is -0.428 e. The number of hydrogen-bond donors (Lipinski definition) is 3. The van der Waals surface area contributed by atoms with E-state index in [1.165, 1.54) is 0 Å². The molecule has 1 aromatic rings. The maximum atomic E-state index is 7.23. The van der Waals surface area contributed by atoms with E-state index in [0.29, 0.717) is 6.01 Å². The van der Waals surface area contributed by atoms with E-state index in [0.717, 1.165) is 11.5 Å². The lowest BCUT2D eigenvalue weighted by molar-refractivity contribution is 0.544. The summed E-state index contributed by atoms with van der Waals surface area (Å²) in [5.74, 6) is 0.928. The molecule has 0 saturated carbocycles. The van der Waals surface area contributed by atoms with Crippen molar-refractivity contribution in [3.8, 4) is 0 Å². The van der Waals surface area contributed by atoms with Gasteiger partial charge in [-0.2, -0.15) is 4.98 Å². The standard InChI is InChI=1S/C7H12N4O/c1-4-5(2)12-7(10-4)11-6(8)9-3/h1-3H3,(H3,8,9,10,11). The van der Waals surface area contributed by atoms with Gasteiger partial charge < -0.3 is 9.73 Å². The van der Waals surface area contributed by atoms with Crippen molar-refractivity contribution in [3.63, 3.8) is 0 Å². The van der Waals surface area contributed by atoms with Crippen LogP contribution in [0.2, 0.25) is 0 Å². The number of nitrogens with one attached hydrogen (secondary N) is 3. The largest absolute Gasteiger partial charge is 0.428 e. The van der Waals surface area contributed by atoms with Crippen LogP contribution in [0.1, 0.15) is 11.5 Å². The van der Waals surface area contributed by atoms with Crippen LogP contribution < -0.4 is 10.6 Å².